The Bertz CT molecular complexity index is 1020. The summed E-state index contributed by atoms with van der Waals surface area (Å²) in [6.45, 7) is 0. The lowest BCUT2D eigenvalue weighted by atomic mass is 9.79. The summed E-state index contributed by atoms with van der Waals surface area (Å²) in [7, 11) is 0. The standard InChI is InChI=1S/C20H14N2O2/c23-19-13-7-5-11-3-1-9-21-17(11)15(13)16-14(20(19)24)8-6-12-4-2-10-22-18(12)16/h1-10,19-20,23-24H/t19-,20-/m1/s1. The molecule has 5 rings (SSSR count). The van der Waals surface area contributed by atoms with Crippen molar-refractivity contribution in [1.29, 1.82) is 0 Å². The molecule has 4 heteroatoms. The lowest BCUT2D eigenvalue weighted by Gasteiger charge is -2.30. The number of hydrogen-bond donors (Lipinski definition) is 2. The summed E-state index contributed by atoms with van der Waals surface area (Å²) in [5.41, 5.74) is 4.76. The predicted molar refractivity (Wildman–Crippen MR) is 92.4 cm³/mol. The maximum Gasteiger partial charge on any atom is 0.110 e. The van der Waals surface area contributed by atoms with Crippen molar-refractivity contribution in [2.75, 3.05) is 0 Å². The van der Waals surface area contributed by atoms with Gasteiger partial charge in [0.1, 0.15) is 12.2 Å². The Morgan fingerprint density at radius 1 is 0.625 bits per heavy atom. The summed E-state index contributed by atoms with van der Waals surface area (Å²) in [6.07, 6.45) is 1.55. The zero-order chi connectivity index (χ0) is 16.3. The van der Waals surface area contributed by atoms with Crippen LogP contribution in [0.4, 0.5) is 0 Å². The number of nitrogens with zero attached hydrogens (tertiary/aromatic N) is 2. The van der Waals surface area contributed by atoms with Crippen molar-refractivity contribution in [1.82, 2.24) is 9.97 Å². The van der Waals surface area contributed by atoms with Gasteiger partial charge in [0, 0.05) is 34.3 Å². The molecular weight excluding hydrogens is 300 g/mol. The van der Waals surface area contributed by atoms with Crippen molar-refractivity contribution in [3.05, 3.63) is 72.1 Å². The van der Waals surface area contributed by atoms with Crippen LogP contribution >= 0.6 is 0 Å². The van der Waals surface area contributed by atoms with E-state index in [0.29, 0.717) is 11.1 Å². The number of benzene rings is 2. The van der Waals surface area contributed by atoms with Crippen LogP contribution < -0.4 is 0 Å². The van der Waals surface area contributed by atoms with Crippen molar-refractivity contribution in [2.45, 2.75) is 12.2 Å². The third-order valence-corrected chi connectivity index (χ3v) is 4.80. The third kappa shape index (κ3) is 1.69. The SMILES string of the molecule is O[C@@H]1c2ccc3cccnc3c2-c2c(ccc3cccnc23)[C@H]1O. The molecule has 0 radical (unpaired) electrons. The van der Waals surface area contributed by atoms with E-state index in [1.807, 2.05) is 48.5 Å². The highest BCUT2D eigenvalue weighted by molar-refractivity contribution is 6.05. The zero-order valence-electron chi connectivity index (χ0n) is 12.7. The first-order valence-electron chi connectivity index (χ1n) is 7.87. The second kappa shape index (κ2) is 4.84. The maximum atomic E-state index is 10.6. The highest BCUT2D eigenvalue weighted by Crippen LogP contribution is 2.48. The lowest BCUT2D eigenvalue weighted by Crippen LogP contribution is -2.18. The topological polar surface area (TPSA) is 66.2 Å². The molecule has 0 saturated heterocycles. The molecule has 116 valence electrons. The van der Waals surface area contributed by atoms with E-state index in [4.69, 9.17) is 0 Å². The minimum atomic E-state index is -0.972. The first-order chi connectivity index (χ1) is 11.8. The molecule has 0 aliphatic heterocycles. The molecule has 1 aliphatic rings. The van der Waals surface area contributed by atoms with Gasteiger partial charge in [-0.05, 0) is 23.3 Å². The first kappa shape index (κ1) is 13.6. The van der Waals surface area contributed by atoms with Crippen molar-refractivity contribution >= 4 is 21.8 Å². The summed E-state index contributed by atoms with van der Waals surface area (Å²) in [4.78, 5) is 9.08. The van der Waals surface area contributed by atoms with Gasteiger partial charge >= 0.3 is 0 Å². The number of rotatable bonds is 0. The smallest absolute Gasteiger partial charge is 0.110 e. The molecule has 2 aromatic heterocycles. The molecule has 0 fully saturated rings. The fourth-order valence-corrected chi connectivity index (χ4v) is 3.68. The molecule has 0 saturated carbocycles. The zero-order valence-corrected chi connectivity index (χ0v) is 12.7. The normalized spacial score (nSPS) is 19.2. The highest BCUT2D eigenvalue weighted by Gasteiger charge is 2.34. The molecule has 0 bridgehead atoms. The molecule has 2 N–H and O–H groups in total. The number of aliphatic hydroxyl groups excluding tert-OH is 2. The van der Waals surface area contributed by atoms with Gasteiger partial charge in [0.2, 0.25) is 0 Å². The average molecular weight is 314 g/mol. The molecule has 0 spiro atoms. The Morgan fingerprint density at radius 2 is 1.08 bits per heavy atom. The van der Waals surface area contributed by atoms with Crippen LogP contribution in [0.3, 0.4) is 0 Å². The van der Waals surface area contributed by atoms with E-state index in [0.717, 1.165) is 32.9 Å². The van der Waals surface area contributed by atoms with E-state index in [9.17, 15) is 10.2 Å². The Balaban J connectivity index is 2.02. The van der Waals surface area contributed by atoms with Crippen LogP contribution in [0, 0.1) is 0 Å². The molecule has 4 aromatic rings. The van der Waals surface area contributed by atoms with Crippen molar-refractivity contribution < 1.29 is 10.2 Å². The van der Waals surface area contributed by atoms with Crippen molar-refractivity contribution in [2.24, 2.45) is 0 Å². The molecule has 0 unspecified atom stereocenters. The number of fused-ring (bicyclic) bond motifs is 7. The van der Waals surface area contributed by atoms with Gasteiger partial charge < -0.3 is 10.2 Å². The molecule has 1 aliphatic carbocycles. The summed E-state index contributed by atoms with van der Waals surface area (Å²) < 4.78 is 0. The van der Waals surface area contributed by atoms with Crippen LogP contribution in [-0.2, 0) is 0 Å². The third-order valence-electron chi connectivity index (χ3n) is 4.80. The lowest BCUT2D eigenvalue weighted by molar-refractivity contribution is 0.0160. The van der Waals surface area contributed by atoms with E-state index >= 15 is 0 Å². The van der Waals surface area contributed by atoms with Crippen LogP contribution in [-0.4, -0.2) is 20.2 Å². The molecule has 24 heavy (non-hydrogen) atoms. The molecule has 2 aromatic carbocycles. The van der Waals surface area contributed by atoms with Gasteiger partial charge in [-0.15, -0.1) is 0 Å². The van der Waals surface area contributed by atoms with E-state index in [1.54, 1.807) is 12.4 Å². The second-order valence-corrected chi connectivity index (χ2v) is 6.10. The fourth-order valence-electron chi connectivity index (χ4n) is 3.68. The number of aliphatic hydroxyl groups is 2. The van der Waals surface area contributed by atoms with E-state index in [1.165, 1.54) is 0 Å². The molecule has 4 nitrogen and oxygen atoms in total. The monoisotopic (exact) mass is 314 g/mol. The Morgan fingerprint density at radius 3 is 1.54 bits per heavy atom. The summed E-state index contributed by atoms with van der Waals surface area (Å²) in [6, 6.07) is 15.4. The van der Waals surface area contributed by atoms with Crippen molar-refractivity contribution in [3.8, 4) is 11.1 Å². The van der Waals surface area contributed by atoms with E-state index in [-0.39, 0.29) is 0 Å². The number of pyridine rings is 2. The summed E-state index contributed by atoms with van der Waals surface area (Å²) in [5, 5.41) is 23.2. The van der Waals surface area contributed by atoms with Gasteiger partial charge in [-0.2, -0.15) is 0 Å². The van der Waals surface area contributed by atoms with Crippen LogP contribution in [0.2, 0.25) is 0 Å². The second-order valence-electron chi connectivity index (χ2n) is 6.10. The molecule has 2 atom stereocenters. The largest absolute Gasteiger partial charge is 0.385 e. The first-order valence-corrected chi connectivity index (χ1v) is 7.87. The van der Waals surface area contributed by atoms with Crippen LogP contribution in [0.1, 0.15) is 23.3 Å². The van der Waals surface area contributed by atoms with Gasteiger partial charge in [-0.3, -0.25) is 9.97 Å². The molecule has 0 amide bonds. The number of hydrogen-bond acceptors (Lipinski definition) is 4. The Hall–Kier alpha value is -2.82. The van der Waals surface area contributed by atoms with Gasteiger partial charge in [-0.1, -0.05) is 36.4 Å². The summed E-state index contributed by atoms with van der Waals surface area (Å²) >= 11 is 0. The Labute approximate surface area is 138 Å². The van der Waals surface area contributed by atoms with Gasteiger partial charge in [0.25, 0.3) is 0 Å². The van der Waals surface area contributed by atoms with E-state index < -0.39 is 12.2 Å². The fraction of sp³-hybridized carbons (Fsp3) is 0.100. The highest BCUT2D eigenvalue weighted by atomic mass is 16.3. The van der Waals surface area contributed by atoms with Gasteiger partial charge in [0.05, 0.1) is 11.0 Å². The molecule has 2 heterocycles. The van der Waals surface area contributed by atoms with Crippen LogP contribution in [0.25, 0.3) is 32.9 Å². The number of aromatic nitrogens is 2. The molecular formula is C20H14N2O2. The Kier molecular flexibility index (Phi) is 2.74. The van der Waals surface area contributed by atoms with Gasteiger partial charge in [0.15, 0.2) is 0 Å². The summed E-state index contributed by atoms with van der Waals surface area (Å²) in [5.74, 6) is 0. The van der Waals surface area contributed by atoms with Crippen LogP contribution in [0.5, 0.6) is 0 Å². The quantitative estimate of drug-likeness (QED) is 0.521. The van der Waals surface area contributed by atoms with Crippen LogP contribution in [0.15, 0.2) is 60.9 Å². The maximum absolute atomic E-state index is 10.6. The van der Waals surface area contributed by atoms with Gasteiger partial charge in [-0.25, -0.2) is 0 Å². The van der Waals surface area contributed by atoms with E-state index in [2.05, 4.69) is 9.97 Å². The predicted octanol–water partition coefficient (Wildman–Crippen LogP) is 3.53. The minimum absolute atomic E-state index is 0.694. The minimum Gasteiger partial charge on any atom is -0.385 e. The van der Waals surface area contributed by atoms with Crippen molar-refractivity contribution in [3.63, 3.8) is 0 Å². The average Bonchev–Trinajstić information content (AvgIpc) is 2.64.